The van der Waals surface area contributed by atoms with Crippen molar-refractivity contribution in [3.63, 3.8) is 0 Å². The fourth-order valence-corrected chi connectivity index (χ4v) is 9.42. The van der Waals surface area contributed by atoms with Crippen LogP contribution in [0.1, 0.15) is 25.0 Å². The lowest BCUT2D eigenvalue weighted by Gasteiger charge is -2.22. The maximum atomic E-state index is 5.21. The Bertz CT molecular complexity index is 2910. The molecule has 0 radical (unpaired) electrons. The Morgan fingerprint density at radius 2 is 1.33 bits per heavy atom. The Labute approximate surface area is 262 Å². The Morgan fingerprint density at radius 3 is 2.24 bits per heavy atom. The standard InChI is InChI=1S/C41H25N3S/c1-41(2)30-11-5-3-9-24(30)25-17-15-23(20-31(25)41)22-16-18-34-28(19-22)36-38-29(21-27-26-10-4-8-14-35(26)45-39(27)36)37-40(44(34)38)43-33-13-7-6-12-32(33)42-37/h3-21H,1-2H3. The minimum Gasteiger partial charge on any atom is -0.291 e. The summed E-state index contributed by atoms with van der Waals surface area (Å²) in [6.07, 6.45) is 0. The van der Waals surface area contributed by atoms with Crippen molar-refractivity contribution in [3.05, 3.63) is 126 Å². The molecule has 0 fully saturated rings. The first-order chi connectivity index (χ1) is 22.1. The third kappa shape index (κ3) is 2.91. The van der Waals surface area contributed by atoms with Crippen LogP contribution < -0.4 is 0 Å². The second kappa shape index (κ2) is 8.03. The molecule has 11 rings (SSSR count). The molecule has 10 aromatic rings. The highest BCUT2D eigenvalue weighted by Gasteiger charge is 2.35. The van der Waals surface area contributed by atoms with Gasteiger partial charge in [0.05, 0.1) is 22.1 Å². The minimum absolute atomic E-state index is 0.0355. The normalized spacial score (nSPS) is 14.2. The third-order valence-corrected chi connectivity index (χ3v) is 11.5. The first kappa shape index (κ1) is 24.1. The third-order valence-electron chi connectivity index (χ3n) is 10.3. The predicted octanol–water partition coefficient (Wildman–Crippen LogP) is 11.1. The number of aromatic nitrogens is 3. The second-order valence-corrected chi connectivity index (χ2v) is 14.1. The van der Waals surface area contributed by atoms with Crippen LogP contribution in [-0.2, 0) is 5.41 Å². The van der Waals surface area contributed by atoms with Gasteiger partial charge in [-0.3, -0.25) is 4.40 Å². The summed E-state index contributed by atoms with van der Waals surface area (Å²) in [4.78, 5) is 10.4. The average molecular weight is 592 g/mol. The van der Waals surface area contributed by atoms with Gasteiger partial charge in [-0.05, 0) is 75.8 Å². The van der Waals surface area contributed by atoms with Crippen molar-refractivity contribution in [2.45, 2.75) is 19.3 Å². The number of hydrogen-bond acceptors (Lipinski definition) is 3. The van der Waals surface area contributed by atoms with E-state index >= 15 is 0 Å². The van der Waals surface area contributed by atoms with Crippen molar-refractivity contribution >= 4 is 80.9 Å². The zero-order valence-electron chi connectivity index (χ0n) is 24.7. The molecule has 210 valence electrons. The van der Waals surface area contributed by atoms with E-state index in [0.717, 1.165) is 22.2 Å². The molecule has 4 heteroatoms. The van der Waals surface area contributed by atoms with E-state index < -0.39 is 0 Å². The predicted molar refractivity (Wildman–Crippen MR) is 190 cm³/mol. The second-order valence-electron chi connectivity index (χ2n) is 13.0. The number of benzene rings is 6. The SMILES string of the molecule is CC1(C)c2ccccc2-c2ccc(-c3ccc4c(c3)c3c5sc6ccccc6c5cc5c6nc7ccccc7nc6n4c53)cc21. The highest BCUT2D eigenvalue weighted by molar-refractivity contribution is 7.26. The molecular formula is C41H25N3S. The maximum Gasteiger partial charge on any atom is 0.165 e. The van der Waals surface area contributed by atoms with E-state index in [1.54, 1.807) is 0 Å². The van der Waals surface area contributed by atoms with Crippen molar-refractivity contribution in [3.8, 4) is 22.3 Å². The number of hydrogen-bond donors (Lipinski definition) is 0. The summed E-state index contributed by atoms with van der Waals surface area (Å²) in [7, 11) is 0. The Balaban J connectivity index is 1.26. The minimum atomic E-state index is -0.0355. The van der Waals surface area contributed by atoms with Crippen molar-refractivity contribution in [2.24, 2.45) is 0 Å². The van der Waals surface area contributed by atoms with Gasteiger partial charge in [-0.1, -0.05) is 86.6 Å². The molecule has 4 aromatic heterocycles. The Kier molecular flexibility index (Phi) is 4.29. The van der Waals surface area contributed by atoms with Crippen LogP contribution in [0.25, 0.3) is 91.8 Å². The van der Waals surface area contributed by atoms with Gasteiger partial charge in [-0.25, -0.2) is 9.97 Å². The molecule has 0 spiro atoms. The van der Waals surface area contributed by atoms with Gasteiger partial charge in [0.1, 0.15) is 5.52 Å². The first-order valence-corrected chi connectivity index (χ1v) is 16.3. The molecule has 3 nitrogen and oxygen atoms in total. The van der Waals surface area contributed by atoms with Crippen LogP contribution in [0.5, 0.6) is 0 Å². The smallest absolute Gasteiger partial charge is 0.165 e. The topological polar surface area (TPSA) is 30.2 Å². The summed E-state index contributed by atoms with van der Waals surface area (Å²) in [5.74, 6) is 0. The van der Waals surface area contributed by atoms with Crippen LogP contribution >= 0.6 is 11.3 Å². The largest absolute Gasteiger partial charge is 0.291 e. The molecule has 45 heavy (non-hydrogen) atoms. The zero-order valence-corrected chi connectivity index (χ0v) is 25.5. The molecular weight excluding hydrogens is 567 g/mol. The fraction of sp³-hybridized carbons (Fsp3) is 0.0732. The van der Waals surface area contributed by atoms with Gasteiger partial charge in [0, 0.05) is 41.7 Å². The first-order valence-electron chi connectivity index (χ1n) is 15.5. The number of nitrogens with zero attached hydrogens (tertiary/aromatic N) is 3. The number of rotatable bonds is 1. The van der Waals surface area contributed by atoms with Crippen LogP contribution in [-0.4, -0.2) is 14.4 Å². The van der Waals surface area contributed by atoms with E-state index in [2.05, 4.69) is 121 Å². The summed E-state index contributed by atoms with van der Waals surface area (Å²) >= 11 is 1.89. The van der Waals surface area contributed by atoms with E-state index in [1.807, 2.05) is 23.5 Å². The van der Waals surface area contributed by atoms with E-state index in [1.165, 1.54) is 80.7 Å². The van der Waals surface area contributed by atoms with E-state index in [0.29, 0.717) is 0 Å². The van der Waals surface area contributed by atoms with Crippen molar-refractivity contribution in [1.82, 2.24) is 14.4 Å². The molecule has 0 unspecified atom stereocenters. The quantitative estimate of drug-likeness (QED) is 0.190. The van der Waals surface area contributed by atoms with Crippen LogP contribution in [0.15, 0.2) is 115 Å². The molecule has 0 saturated heterocycles. The molecule has 0 aliphatic heterocycles. The lowest BCUT2D eigenvalue weighted by Crippen LogP contribution is -2.14. The van der Waals surface area contributed by atoms with Gasteiger partial charge in [-0.15, -0.1) is 11.3 Å². The summed E-state index contributed by atoms with van der Waals surface area (Å²) in [5, 5.41) is 6.34. The summed E-state index contributed by atoms with van der Waals surface area (Å²) < 4.78 is 5.01. The van der Waals surface area contributed by atoms with Gasteiger partial charge in [0.25, 0.3) is 0 Å². The summed E-state index contributed by atoms with van der Waals surface area (Å²) in [6.45, 7) is 4.71. The monoisotopic (exact) mass is 591 g/mol. The summed E-state index contributed by atoms with van der Waals surface area (Å²) in [6, 6.07) is 42.3. The molecule has 4 heterocycles. The zero-order chi connectivity index (χ0) is 29.6. The number of thiophene rings is 1. The highest BCUT2D eigenvalue weighted by Crippen LogP contribution is 2.51. The molecule has 1 aliphatic rings. The van der Waals surface area contributed by atoms with Gasteiger partial charge in [-0.2, -0.15) is 0 Å². The summed E-state index contributed by atoms with van der Waals surface area (Å²) in [5.41, 5.74) is 14.1. The lowest BCUT2D eigenvalue weighted by molar-refractivity contribution is 0.660. The lowest BCUT2D eigenvalue weighted by atomic mass is 9.81. The van der Waals surface area contributed by atoms with Gasteiger partial charge < -0.3 is 0 Å². The van der Waals surface area contributed by atoms with E-state index in [9.17, 15) is 0 Å². The van der Waals surface area contributed by atoms with E-state index in [-0.39, 0.29) is 5.41 Å². The van der Waals surface area contributed by atoms with Gasteiger partial charge in [0.15, 0.2) is 5.65 Å². The Morgan fingerprint density at radius 1 is 0.600 bits per heavy atom. The van der Waals surface area contributed by atoms with Crippen molar-refractivity contribution in [2.75, 3.05) is 0 Å². The van der Waals surface area contributed by atoms with E-state index in [4.69, 9.17) is 9.97 Å². The fourth-order valence-electron chi connectivity index (χ4n) is 8.17. The maximum absolute atomic E-state index is 5.21. The molecule has 0 atom stereocenters. The number of fused-ring (bicyclic) bond motifs is 14. The molecule has 6 aromatic carbocycles. The van der Waals surface area contributed by atoms with Crippen LogP contribution in [0, 0.1) is 0 Å². The van der Waals surface area contributed by atoms with Gasteiger partial charge in [0.2, 0.25) is 0 Å². The van der Waals surface area contributed by atoms with Crippen molar-refractivity contribution < 1.29 is 0 Å². The Hall–Kier alpha value is -5.32. The molecule has 0 bridgehead atoms. The van der Waals surface area contributed by atoms with Crippen molar-refractivity contribution in [1.29, 1.82) is 0 Å². The molecule has 0 N–H and O–H groups in total. The molecule has 0 amide bonds. The van der Waals surface area contributed by atoms with Crippen LogP contribution in [0.4, 0.5) is 0 Å². The van der Waals surface area contributed by atoms with Crippen LogP contribution in [0.3, 0.4) is 0 Å². The molecule has 1 aliphatic carbocycles. The number of para-hydroxylation sites is 2. The molecule has 0 saturated carbocycles. The van der Waals surface area contributed by atoms with Gasteiger partial charge >= 0.3 is 0 Å². The average Bonchev–Trinajstić information content (AvgIpc) is 3.77. The highest BCUT2D eigenvalue weighted by atomic mass is 32.1. The van der Waals surface area contributed by atoms with Crippen LogP contribution in [0.2, 0.25) is 0 Å².